The summed E-state index contributed by atoms with van der Waals surface area (Å²) in [5.74, 6) is 0.580. The molecule has 0 saturated carbocycles. The molecule has 0 aliphatic carbocycles. The van der Waals surface area contributed by atoms with Crippen LogP contribution in [0.4, 0.5) is 4.79 Å². The number of nitrogens with zero attached hydrogens (tertiary/aromatic N) is 3. The number of urea groups is 1. The molecule has 0 aromatic carbocycles. The van der Waals surface area contributed by atoms with Gasteiger partial charge in [0.25, 0.3) is 0 Å². The Labute approximate surface area is 148 Å². The largest absolute Gasteiger partial charge is 0.481 e. The molecule has 1 aromatic rings. The average molecular weight is 346 g/mol. The van der Waals surface area contributed by atoms with Crippen molar-refractivity contribution in [3.05, 3.63) is 23.9 Å². The lowest BCUT2D eigenvalue weighted by Crippen LogP contribution is -2.47. The van der Waals surface area contributed by atoms with Gasteiger partial charge in [-0.3, -0.25) is 4.79 Å². The molecule has 0 unspecified atom stereocenters. The number of pyridine rings is 1. The molecule has 2 aliphatic heterocycles. The van der Waals surface area contributed by atoms with Crippen molar-refractivity contribution in [1.82, 2.24) is 20.1 Å². The molecule has 1 aromatic heterocycles. The summed E-state index contributed by atoms with van der Waals surface area (Å²) in [6.07, 6.45) is 5.33. The van der Waals surface area contributed by atoms with Crippen LogP contribution in [0.2, 0.25) is 0 Å². The lowest BCUT2D eigenvalue weighted by atomic mass is 9.96. The van der Waals surface area contributed by atoms with Crippen molar-refractivity contribution in [2.75, 3.05) is 33.3 Å². The average Bonchev–Trinajstić information content (AvgIpc) is 3.20. The quantitative estimate of drug-likeness (QED) is 0.899. The van der Waals surface area contributed by atoms with Crippen LogP contribution in [0.1, 0.15) is 31.2 Å². The molecule has 7 heteroatoms. The lowest BCUT2D eigenvalue weighted by Gasteiger charge is -2.34. The maximum atomic E-state index is 12.4. The Morgan fingerprint density at radius 1 is 1.20 bits per heavy atom. The minimum Gasteiger partial charge on any atom is -0.481 e. The van der Waals surface area contributed by atoms with Gasteiger partial charge in [-0.1, -0.05) is 0 Å². The van der Waals surface area contributed by atoms with Gasteiger partial charge in [-0.15, -0.1) is 0 Å². The minimum absolute atomic E-state index is 0.0219. The van der Waals surface area contributed by atoms with Crippen LogP contribution in [0.25, 0.3) is 0 Å². The Hall–Kier alpha value is -2.31. The zero-order chi connectivity index (χ0) is 17.6. The van der Waals surface area contributed by atoms with Crippen molar-refractivity contribution in [3.63, 3.8) is 0 Å². The van der Waals surface area contributed by atoms with Gasteiger partial charge in [0.2, 0.25) is 11.8 Å². The van der Waals surface area contributed by atoms with Gasteiger partial charge < -0.3 is 19.9 Å². The first-order chi connectivity index (χ1) is 12.2. The van der Waals surface area contributed by atoms with Gasteiger partial charge in [-0.2, -0.15) is 0 Å². The maximum Gasteiger partial charge on any atom is 0.319 e. The van der Waals surface area contributed by atoms with Crippen LogP contribution in [-0.2, 0) is 11.3 Å². The van der Waals surface area contributed by atoms with Gasteiger partial charge in [0.15, 0.2) is 0 Å². The standard InChI is InChI=1S/C18H26N4O3/c1-25-16-12-14(4-7-19-16)13-20-17(23)15-5-10-22(11-6-15)18(24)21-8-2-3-9-21/h4,7,12,15H,2-3,5-6,8-11,13H2,1H3,(H,20,23). The van der Waals surface area contributed by atoms with Gasteiger partial charge in [0.1, 0.15) is 0 Å². The zero-order valence-electron chi connectivity index (χ0n) is 14.7. The molecule has 3 rings (SSSR count). The molecule has 136 valence electrons. The molecule has 1 N–H and O–H groups in total. The van der Waals surface area contributed by atoms with Crippen LogP contribution in [0.5, 0.6) is 5.88 Å². The number of ether oxygens (including phenoxy) is 1. The van der Waals surface area contributed by atoms with Gasteiger partial charge in [0.05, 0.1) is 7.11 Å². The number of likely N-dealkylation sites (tertiary alicyclic amines) is 2. The van der Waals surface area contributed by atoms with E-state index < -0.39 is 0 Å². The van der Waals surface area contributed by atoms with E-state index in [-0.39, 0.29) is 17.9 Å². The van der Waals surface area contributed by atoms with E-state index >= 15 is 0 Å². The molecular weight excluding hydrogens is 320 g/mol. The fourth-order valence-electron chi connectivity index (χ4n) is 3.45. The molecule has 0 bridgehead atoms. The van der Waals surface area contributed by atoms with E-state index in [1.165, 1.54) is 0 Å². The van der Waals surface area contributed by atoms with Crippen molar-refractivity contribution in [1.29, 1.82) is 0 Å². The molecule has 0 atom stereocenters. The SMILES string of the molecule is COc1cc(CNC(=O)C2CCN(C(=O)N3CCCC3)CC2)ccn1. The predicted molar refractivity (Wildman–Crippen MR) is 93.1 cm³/mol. The third-order valence-electron chi connectivity index (χ3n) is 4.99. The summed E-state index contributed by atoms with van der Waals surface area (Å²) in [4.78, 5) is 32.6. The molecule has 0 spiro atoms. The molecule has 2 fully saturated rings. The Kier molecular flexibility index (Phi) is 5.73. The first-order valence-corrected chi connectivity index (χ1v) is 8.98. The van der Waals surface area contributed by atoms with Gasteiger partial charge >= 0.3 is 6.03 Å². The highest BCUT2D eigenvalue weighted by Gasteiger charge is 2.30. The smallest absolute Gasteiger partial charge is 0.319 e. The van der Waals surface area contributed by atoms with E-state index in [1.807, 2.05) is 21.9 Å². The normalized spacial score (nSPS) is 18.3. The minimum atomic E-state index is -0.0219. The zero-order valence-corrected chi connectivity index (χ0v) is 14.7. The highest BCUT2D eigenvalue weighted by molar-refractivity contribution is 5.79. The first-order valence-electron chi connectivity index (χ1n) is 8.98. The number of amides is 3. The molecule has 3 amide bonds. The number of piperidine rings is 1. The monoisotopic (exact) mass is 346 g/mol. The summed E-state index contributed by atoms with van der Waals surface area (Å²) in [5.41, 5.74) is 0.960. The number of hydrogen-bond acceptors (Lipinski definition) is 4. The molecular formula is C18H26N4O3. The highest BCUT2D eigenvalue weighted by Crippen LogP contribution is 2.20. The summed E-state index contributed by atoms with van der Waals surface area (Å²) in [6.45, 7) is 3.53. The fraction of sp³-hybridized carbons (Fsp3) is 0.611. The van der Waals surface area contributed by atoms with E-state index in [9.17, 15) is 9.59 Å². The van der Waals surface area contributed by atoms with Gasteiger partial charge in [-0.05, 0) is 37.3 Å². The molecule has 25 heavy (non-hydrogen) atoms. The molecule has 2 aliphatic rings. The van der Waals surface area contributed by atoms with Crippen LogP contribution in [0.15, 0.2) is 18.3 Å². The summed E-state index contributed by atoms with van der Waals surface area (Å²) in [7, 11) is 1.57. The second-order valence-electron chi connectivity index (χ2n) is 6.66. The maximum absolute atomic E-state index is 12.4. The van der Waals surface area contributed by atoms with E-state index in [2.05, 4.69) is 10.3 Å². The van der Waals surface area contributed by atoms with Crippen LogP contribution < -0.4 is 10.1 Å². The number of aromatic nitrogens is 1. The lowest BCUT2D eigenvalue weighted by molar-refractivity contribution is -0.126. The Morgan fingerprint density at radius 3 is 2.56 bits per heavy atom. The molecule has 2 saturated heterocycles. The Balaban J connectivity index is 1.44. The summed E-state index contributed by atoms with van der Waals surface area (Å²) in [6, 6.07) is 3.82. The second kappa shape index (κ2) is 8.18. The van der Waals surface area contributed by atoms with Crippen molar-refractivity contribution in [3.8, 4) is 5.88 Å². The van der Waals surface area contributed by atoms with E-state index in [1.54, 1.807) is 13.3 Å². The highest BCUT2D eigenvalue weighted by atomic mass is 16.5. The van der Waals surface area contributed by atoms with Crippen LogP contribution >= 0.6 is 0 Å². The van der Waals surface area contributed by atoms with Gasteiger partial charge in [-0.25, -0.2) is 9.78 Å². The van der Waals surface area contributed by atoms with Crippen molar-refractivity contribution in [2.45, 2.75) is 32.2 Å². The van der Waals surface area contributed by atoms with Crippen LogP contribution in [0, 0.1) is 5.92 Å². The van der Waals surface area contributed by atoms with Crippen LogP contribution in [0.3, 0.4) is 0 Å². The number of carbonyl (C=O) groups excluding carboxylic acids is 2. The van der Waals surface area contributed by atoms with Gasteiger partial charge in [0, 0.05) is 50.9 Å². The first kappa shape index (κ1) is 17.5. The topological polar surface area (TPSA) is 74.8 Å². The van der Waals surface area contributed by atoms with E-state index in [0.717, 1.165) is 44.3 Å². The number of hydrogen-bond donors (Lipinski definition) is 1. The van der Waals surface area contributed by atoms with Crippen molar-refractivity contribution in [2.24, 2.45) is 5.92 Å². The number of rotatable bonds is 4. The van der Waals surface area contributed by atoms with Crippen LogP contribution in [-0.4, -0.2) is 60.0 Å². The van der Waals surface area contributed by atoms with Crippen molar-refractivity contribution < 1.29 is 14.3 Å². The molecule has 7 nitrogen and oxygen atoms in total. The second-order valence-corrected chi connectivity index (χ2v) is 6.66. The predicted octanol–water partition coefficient (Wildman–Crippen LogP) is 1.63. The number of methoxy groups -OCH3 is 1. The summed E-state index contributed by atoms with van der Waals surface area (Å²) < 4.78 is 5.09. The van der Waals surface area contributed by atoms with E-state index in [0.29, 0.717) is 25.5 Å². The Bertz CT molecular complexity index is 608. The third-order valence-corrected chi connectivity index (χ3v) is 4.99. The Morgan fingerprint density at radius 2 is 1.88 bits per heavy atom. The summed E-state index contributed by atoms with van der Waals surface area (Å²) >= 11 is 0. The fourth-order valence-corrected chi connectivity index (χ4v) is 3.45. The number of carbonyl (C=O) groups is 2. The molecule has 3 heterocycles. The number of nitrogens with one attached hydrogen (secondary N) is 1. The molecule has 0 radical (unpaired) electrons. The van der Waals surface area contributed by atoms with E-state index in [4.69, 9.17) is 4.74 Å². The van der Waals surface area contributed by atoms with Crippen molar-refractivity contribution >= 4 is 11.9 Å². The third kappa shape index (κ3) is 4.41. The summed E-state index contributed by atoms with van der Waals surface area (Å²) in [5, 5.41) is 2.98.